The summed E-state index contributed by atoms with van der Waals surface area (Å²) in [6.07, 6.45) is 5.56. The van der Waals surface area contributed by atoms with Crippen molar-refractivity contribution in [2.45, 2.75) is 0 Å². The monoisotopic (exact) mass is 196 g/mol. The molecule has 3 rings (SSSR count). The number of H-pyrrole nitrogens is 1. The van der Waals surface area contributed by atoms with Gasteiger partial charge in [0.1, 0.15) is 0 Å². The van der Waals surface area contributed by atoms with Crippen molar-refractivity contribution in [2.75, 3.05) is 0 Å². The van der Waals surface area contributed by atoms with E-state index < -0.39 is 0 Å². The molecule has 1 N–H and O–H groups in total. The lowest BCUT2D eigenvalue weighted by molar-refractivity contribution is 1.41. The Morgan fingerprint density at radius 3 is 2.20 bits per heavy atom. The number of nitrogens with one attached hydrogen (secondary N) is 1. The minimum atomic E-state index is 1.06. The summed E-state index contributed by atoms with van der Waals surface area (Å²) in [4.78, 5) is 7.04. The highest BCUT2D eigenvalue weighted by molar-refractivity contribution is 5.77. The Kier molecular flexibility index (Phi) is 3.13. The molecule has 0 fully saturated rings. The SMILES string of the molecule is c1cc[nH]c1.c1ccc2ncccc2c1. The fourth-order valence-electron chi connectivity index (χ4n) is 1.29. The van der Waals surface area contributed by atoms with Gasteiger partial charge in [-0.1, -0.05) is 24.3 Å². The molecule has 0 unspecified atom stereocenters. The van der Waals surface area contributed by atoms with Crippen molar-refractivity contribution in [1.29, 1.82) is 0 Å². The van der Waals surface area contributed by atoms with Crippen LogP contribution in [0.15, 0.2) is 67.1 Å². The van der Waals surface area contributed by atoms with Gasteiger partial charge in [0.15, 0.2) is 0 Å². The maximum absolute atomic E-state index is 4.18. The molecular weight excluding hydrogens is 184 g/mol. The Bertz CT molecular complexity index is 418. The first-order valence-corrected chi connectivity index (χ1v) is 4.84. The van der Waals surface area contributed by atoms with Gasteiger partial charge in [-0.3, -0.25) is 4.98 Å². The summed E-state index contributed by atoms with van der Waals surface area (Å²) in [5, 5.41) is 1.20. The summed E-state index contributed by atoms with van der Waals surface area (Å²) in [5.41, 5.74) is 1.06. The fraction of sp³-hybridized carbons (Fsp3) is 0. The lowest BCUT2D eigenvalue weighted by atomic mass is 10.2. The Hall–Kier alpha value is -2.09. The lowest BCUT2D eigenvalue weighted by Gasteiger charge is -1.91. The highest BCUT2D eigenvalue weighted by Crippen LogP contribution is 2.07. The number of para-hydroxylation sites is 1. The van der Waals surface area contributed by atoms with Crippen LogP contribution in [0.3, 0.4) is 0 Å². The molecule has 0 radical (unpaired) electrons. The number of fused-ring (bicyclic) bond motifs is 1. The predicted molar refractivity (Wildman–Crippen MR) is 62.5 cm³/mol. The molecule has 0 bridgehead atoms. The first-order valence-electron chi connectivity index (χ1n) is 4.84. The van der Waals surface area contributed by atoms with E-state index in [0.29, 0.717) is 0 Å². The number of benzene rings is 1. The fourth-order valence-corrected chi connectivity index (χ4v) is 1.29. The average Bonchev–Trinajstić information content (AvgIpc) is 2.88. The van der Waals surface area contributed by atoms with Gasteiger partial charge in [0.05, 0.1) is 5.52 Å². The zero-order valence-corrected chi connectivity index (χ0v) is 8.30. The first kappa shape index (κ1) is 9.46. The van der Waals surface area contributed by atoms with E-state index in [1.807, 2.05) is 55.0 Å². The van der Waals surface area contributed by atoms with E-state index in [1.54, 1.807) is 0 Å². The van der Waals surface area contributed by atoms with Crippen LogP contribution < -0.4 is 0 Å². The molecule has 2 heteroatoms. The average molecular weight is 196 g/mol. The molecule has 0 aliphatic heterocycles. The van der Waals surface area contributed by atoms with Crippen molar-refractivity contribution in [2.24, 2.45) is 0 Å². The van der Waals surface area contributed by atoms with Crippen LogP contribution >= 0.6 is 0 Å². The van der Waals surface area contributed by atoms with Crippen molar-refractivity contribution in [3.05, 3.63) is 67.1 Å². The minimum absolute atomic E-state index is 1.06. The highest BCUT2D eigenvalue weighted by Gasteiger charge is 1.86. The van der Waals surface area contributed by atoms with Gasteiger partial charge >= 0.3 is 0 Å². The maximum atomic E-state index is 4.18. The largest absolute Gasteiger partial charge is 0.368 e. The van der Waals surface area contributed by atoms with E-state index >= 15 is 0 Å². The first-order chi connectivity index (χ1) is 7.47. The van der Waals surface area contributed by atoms with Crippen LogP contribution in [0.5, 0.6) is 0 Å². The van der Waals surface area contributed by atoms with Gasteiger partial charge in [-0.15, -0.1) is 0 Å². The van der Waals surface area contributed by atoms with Crippen LogP contribution in [0.2, 0.25) is 0 Å². The second-order valence-electron chi connectivity index (χ2n) is 3.08. The van der Waals surface area contributed by atoms with E-state index in [1.165, 1.54) is 5.39 Å². The third-order valence-electron chi connectivity index (χ3n) is 2.01. The van der Waals surface area contributed by atoms with Crippen LogP contribution in [0.1, 0.15) is 0 Å². The number of aromatic nitrogens is 2. The molecular formula is C13H12N2. The number of aromatic amines is 1. The molecule has 3 aromatic rings. The minimum Gasteiger partial charge on any atom is -0.368 e. The Morgan fingerprint density at radius 2 is 1.53 bits per heavy atom. The molecule has 2 heterocycles. The molecule has 1 aromatic carbocycles. The van der Waals surface area contributed by atoms with Crippen LogP contribution in [0.25, 0.3) is 10.9 Å². The molecule has 0 atom stereocenters. The normalized spacial score (nSPS) is 9.33. The van der Waals surface area contributed by atoms with Gasteiger partial charge in [-0.25, -0.2) is 0 Å². The molecule has 0 spiro atoms. The molecule has 0 saturated heterocycles. The van der Waals surface area contributed by atoms with Crippen molar-refractivity contribution < 1.29 is 0 Å². The van der Waals surface area contributed by atoms with Gasteiger partial charge in [-0.05, 0) is 24.3 Å². The number of nitrogens with zero attached hydrogens (tertiary/aromatic N) is 1. The van der Waals surface area contributed by atoms with Crippen LogP contribution in [-0.2, 0) is 0 Å². The van der Waals surface area contributed by atoms with Gasteiger partial charge < -0.3 is 4.98 Å². The van der Waals surface area contributed by atoms with E-state index in [4.69, 9.17) is 0 Å². The van der Waals surface area contributed by atoms with Crippen molar-refractivity contribution >= 4 is 10.9 Å². The van der Waals surface area contributed by atoms with E-state index in [9.17, 15) is 0 Å². The van der Waals surface area contributed by atoms with Gasteiger partial charge in [0, 0.05) is 24.0 Å². The number of pyridine rings is 1. The summed E-state index contributed by atoms with van der Waals surface area (Å²) >= 11 is 0. The zero-order chi connectivity index (χ0) is 10.3. The molecule has 74 valence electrons. The zero-order valence-electron chi connectivity index (χ0n) is 8.30. The van der Waals surface area contributed by atoms with Gasteiger partial charge in [0.2, 0.25) is 0 Å². The second-order valence-corrected chi connectivity index (χ2v) is 3.08. The van der Waals surface area contributed by atoms with E-state index in [-0.39, 0.29) is 0 Å². The number of rotatable bonds is 0. The Labute approximate surface area is 88.6 Å². The molecule has 2 aromatic heterocycles. The molecule has 15 heavy (non-hydrogen) atoms. The lowest BCUT2D eigenvalue weighted by Crippen LogP contribution is -1.73. The predicted octanol–water partition coefficient (Wildman–Crippen LogP) is 3.25. The quantitative estimate of drug-likeness (QED) is 0.587. The topological polar surface area (TPSA) is 28.7 Å². The second kappa shape index (κ2) is 4.96. The smallest absolute Gasteiger partial charge is 0.0701 e. The third kappa shape index (κ3) is 2.68. The summed E-state index contributed by atoms with van der Waals surface area (Å²) in [6, 6.07) is 16.0. The molecule has 0 saturated carbocycles. The Morgan fingerprint density at radius 1 is 0.800 bits per heavy atom. The molecule has 0 amide bonds. The third-order valence-corrected chi connectivity index (χ3v) is 2.01. The van der Waals surface area contributed by atoms with E-state index in [0.717, 1.165) is 5.52 Å². The van der Waals surface area contributed by atoms with Crippen molar-refractivity contribution in [1.82, 2.24) is 9.97 Å². The van der Waals surface area contributed by atoms with Crippen molar-refractivity contribution in [3.63, 3.8) is 0 Å². The van der Waals surface area contributed by atoms with E-state index in [2.05, 4.69) is 22.1 Å². The highest BCUT2D eigenvalue weighted by atomic mass is 14.6. The summed E-state index contributed by atoms with van der Waals surface area (Å²) < 4.78 is 0. The number of hydrogen-bond donors (Lipinski definition) is 1. The molecule has 0 aliphatic rings. The summed E-state index contributed by atoms with van der Waals surface area (Å²) in [7, 11) is 0. The maximum Gasteiger partial charge on any atom is 0.0701 e. The van der Waals surface area contributed by atoms with Crippen molar-refractivity contribution in [3.8, 4) is 0 Å². The number of hydrogen-bond acceptors (Lipinski definition) is 1. The van der Waals surface area contributed by atoms with Gasteiger partial charge in [0.25, 0.3) is 0 Å². The summed E-state index contributed by atoms with van der Waals surface area (Å²) in [5.74, 6) is 0. The Balaban J connectivity index is 0.000000144. The van der Waals surface area contributed by atoms with Crippen LogP contribution in [0.4, 0.5) is 0 Å². The standard InChI is InChI=1S/C9H7N.C4H5N/c1-2-6-9-8(4-1)5-3-7-10-9;1-2-4-5-3-1/h1-7H;1-5H. The van der Waals surface area contributed by atoms with Gasteiger partial charge in [-0.2, -0.15) is 0 Å². The molecule has 2 nitrogen and oxygen atoms in total. The summed E-state index contributed by atoms with van der Waals surface area (Å²) in [6.45, 7) is 0. The molecule has 0 aliphatic carbocycles. The van der Waals surface area contributed by atoms with Crippen LogP contribution in [0, 0.1) is 0 Å². The van der Waals surface area contributed by atoms with Crippen LogP contribution in [-0.4, -0.2) is 9.97 Å².